The lowest BCUT2D eigenvalue weighted by Crippen LogP contribution is -2.46. The molecule has 0 radical (unpaired) electrons. The Morgan fingerprint density at radius 2 is 1.71 bits per heavy atom. The summed E-state index contributed by atoms with van der Waals surface area (Å²) in [7, 11) is 3.14. The average Bonchev–Trinajstić information content (AvgIpc) is 3.01. The van der Waals surface area contributed by atoms with Gasteiger partial charge < -0.3 is 29.3 Å². The Morgan fingerprint density at radius 1 is 0.951 bits per heavy atom. The first-order valence-electron chi connectivity index (χ1n) is 14.3. The van der Waals surface area contributed by atoms with Gasteiger partial charge in [-0.25, -0.2) is 0 Å². The molecule has 218 valence electrons. The third-order valence-corrected chi connectivity index (χ3v) is 8.72. The van der Waals surface area contributed by atoms with Gasteiger partial charge in [0.15, 0.2) is 11.5 Å². The highest BCUT2D eigenvalue weighted by molar-refractivity contribution is 6.37. The molecule has 0 spiro atoms. The van der Waals surface area contributed by atoms with E-state index in [2.05, 4.69) is 26.2 Å². The third-order valence-electron chi connectivity index (χ3n) is 8.12. The number of hydrogen-bond donors (Lipinski definition) is 1. The zero-order chi connectivity index (χ0) is 28.8. The Hall–Kier alpha value is -2.96. The molecule has 0 unspecified atom stereocenters. The van der Waals surface area contributed by atoms with Crippen molar-refractivity contribution in [3.63, 3.8) is 0 Å². The first-order chi connectivity index (χ1) is 20.0. The van der Waals surface area contributed by atoms with Crippen molar-refractivity contribution in [2.24, 2.45) is 0 Å². The summed E-state index contributed by atoms with van der Waals surface area (Å²) in [6, 6.07) is 9.96. The molecular formula is C31H37Cl2N5O3. The van der Waals surface area contributed by atoms with E-state index >= 15 is 0 Å². The summed E-state index contributed by atoms with van der Waals surface area (Å²) in [6.07, 6.45) is 9.10. The van der Waals surface area contributed by atoms with Crippen LogP contribution in [-0.4, -0.2) is 74.4 Å². The van der Waals surface area contributed by atoms with Crippen LogP contribution >= 0.6 is 23.2 Å². The molecule has 2 fully saturated rings. The molecule has 41 heavy (non-hydrogen) atoms. The zero-order valence-electron chi connectivity index (χ0n) is 23.7. The van der Waals surface area contributed by atoms with Crippen LogP contribution < -0.4 is 19.5 Å². The van der Waals surface area contributed by atoms with Crippen LogP contribution in [0.15, 0.2) is 30.5 Å². The number of nitriles is 1. The molecule has 0 amide bonds. The largest absolute Gasteiger partial charge is 0.495 e. The number of hydrogen-bond acceptors (Lipinski definition) is 8. The van der Waals surface area contributed by atoms with Gasteiger partial charge in [0.05, 0.1) is 53.3 Å². The molecular weight excluding hydrogens is 561 g/mol. The number of halogens is 2. The normalized spacial score (nSPS) is 16.9. The number of nitrogens with one attached hydrogen (secondary N) is 1. The summed E-state index contributed by atoms with van der Waals surface area (Å²) in [4.78, 5) is 9.79. The molecule has 10 heteroatoms. The molecule has 2 aliphatic heterocycles. The Labute approximate surface area is 252 Å². The Balaban J connectivity index is 1.25. The number of methoxy groups -OCH3 is 2. The number of piperidine rings is 2. The minimum atomic E-state index is 0.363. The maximum Gasteiger partial charge on any atom is 0.163 e. The van der Waals surface area contributed by atoms with E-state index in [4.69, 9.17) is 37.4 Å². The molecule has 8 nitrogen and oxygen atoms in total. The second kappa shape index (κ2) is 13.8. The second-order valence-corrected chi connectivity index (χ2v) is 11.5. The lowest BCUT2D eigenvalue weighted by Gasteiger charge is -2.40. The number of ether oxygens (including phenoxy) is 3. The van der Waals surface area contributed by atoms with Crippen molar-refractivity contribution in [2.45, 2.75) is 44.6 Å². The van der Waals surface area contributed by atoms with Crippen molar-refractivity contribution in [3.05, 3.63) is 46.1 Å². The predicted octanol–water partition coefficient (Wildman–Crippen LogP) is 6.89. The van der Waals surface area contributed by atoms with Crippen molar-refractivity contribution >= 4 is 45.5 Å². The highest BCUT2D eigenvalue weighted by Crippen LogP contribution is 2.40. The minimum Gasteiger partial charge on any atom is -0.495 e. The van der Waals surface area contributed by atoms with Gasteiger partial charge in [0.2, 0.25) is 0 Å². The van der Waals surface area contributed by atoms with Gasteiger partial charge in [0.1, 0.15) is 11.8 Å². The number of pyridine rings is 1. The van der Waals surface area contributed by atoms with Crippen molar-refractivity contribution < 1.29 is 14.2 Å². The number of likely N-dealkylation sites (tertiary alicyclic amines) is 2. The number of fused-ring (bicyclic) bond motifs is 1. The fourth-order valence-corrected chi connectivity index (χ4v) is 6.38. The molecule has 0 aliphatic carbocycles. The van der Waals surface area contributed by atoms with Crippen LogP contribution in [0.3, 0.4) is 0 Å². The van der Waals surface area contributed by atoms with Crippen molar-refractivity contribution in [1.82, 2.24) is 14.8 Å². The van der Waals surface area contributed by atoms with E-state index < -0.39 is 0 Å². The smallest absolute Gasteiger partial charge is 0.163 e. The monoisotopic (exact) mass is 597 g/mol. The molecule has 1 N–H and O–H groups in total. The quantitative estimate of drug-likeness (QED) is 0.253. The van der Waals surface area contributed by atoms with E-state index in [1.807, 2.05) is 12.1 Å². The van der Waals surface area contributed by atoms with Gasteiger partial charge >= 0.3 is 0 Å². The minimum absolute atomic E-state index is 0.363. The van der Waals surface area contributed by atoms with Crippen LogP contribution in [0.2, 0.25) is 10.0 Å². The molecule has 1 aromatic heterocycles. The first kappa shape index (κ1) is 29.5. The van der Waals surface area contributed by atoms with E-state index in [0.29, 0.717) is 61.7 Å². The highest BCUT2D eigenvalue weighted by atomic mass is 35.5. The molecule has 3 aromatic rings. The summed E-state index contributed by atoms with van der Waals surface area (Å²) < 4.78 is 17.2. The molecule has 0 atom stereocenters. The van der Waals surface area contributed by atoms with Gasteiger partial charge in [0.25, 0.3) is 0 Å². The molecule has 0 bridgehead atoms. The molecule has 0 saturated carbocycles. The number of aromatic nitrogens is 1. The highest BCUT2D eigenvalue weighted by Gasteiger charge is 2.25. The Bertz CT molecular complexity index is 1400. The number of rotatable bonds is 10. The summed E-state index contributed by atoms with van der Waals surface area (Å²) in [5.74, 6) is 1.66. The first-order valence-corrected chi connectivity index (χ1v) is 15.1. The summed E-state index contributed by atoms with van der Waals surface area (Å²) in [5, 5.41) is 14.6. The van der Waals surface area contributed by atoms with Crippen molar-refractivity contribution in [3.8, 4) is 23.3 Å². The van der Waals surface area contributed by atoms with Crippen LogP contribution in [0.4, 0.5) is 11.4 Å². The summed E-state index contributed by atoms with van der Waals surface area (Å²) in [6.45, 7) is 6.47. The molecule has 2 saturated heterocycles. The third kappa shape index (κ3) is 6.92. The fraction of sp³-hybridized carbons (Fsp3) is 0.484. The topological polar surface area (TPSA) is 82.9 Å². The van der Waals surface area contributed by atoms with Crippen LogP contribution in [0.1, 0.15) is 44.1 Å². The van der Waals surface area contributed by atoms with Gasteiger partial charge in [0, 0.05) is 36.3 Å². The van der Waals surface area contributed by atoms with Gasteiger partial charge in [-0.2, -0.15) is 5.26 Å². The molecule has 2 aliphatic rings. The fourth-order valence-electron chi connectivity index (χ4n) is 5.87. The Morgan fingerprint density at radius 3 is 2.41 bits per heavy atom. The van der Waals surface area contributed by atoms with Gasteiger partial charge in [-0.3, -0.25) is 4.98 Å². The molecule has 3 heterocycles. The average molecular weight is 599 g/mol. The van der Waals surface area contributed by atoms with E-state index in [1.54, 1.807) is 19.2 Å². The van der Waals surface area contributed by atoms with E-state index in [1.165, 1.54) is 58.5 Å². The van der Waals surface area contributed by atoms with Crippen LogP contribution in [0.25, 0.3) is 10.9 Å². The number of nitrogens with zero attached hydrogens (tertiary/aromatic N) is 4. The van der Waals surface area contributed by atoms with Crippen molar-refractivity contribution in [1.29, 1.82) is 5.26 Å². The zero-order valence-corrected chi connectivity index (χ0v) is 25.2. The SMILES string of the molecule is COc1cc(Nc2c(C#N)cnc3cc(OCCCN4CCC(N5CCCCC5)CC4)c(OC)cc23)c(Cl)cc1Cl. The van der Waals surface area contributed by atoms with Gasteiger partial charge in [-0.1, -0.05) is 29.6 Å². The summed E-state index contributed by atoms with van der Waals surface area (Å²) in [5.41, 5.74) is 2.14. The van der Waals surface area contributed by atoms with E-state index in [-0.39, 0.29) is 0 Å². The van der Waals surface area contributed by atoms with Crippen LogP contribution in [0, 0.1) is 11.3 Å². The maximum atomic E-state index is 9.81. The predicted molar refractivity (Wildman–Crippen MR) is 164 cm³/mol. The molecule has 2 aromatic carbocycles. The van der Waals surface area contributed by atoms with E-state index in [0.717, 1.165) is 32.1 Å². The molecule has 5 rings (SSSR count). The van der Waals surface area contributed by atoms with Gasteiger partial charge in [-0.05, 0) is 70.4 Å². The number of benzene rings is 2. The maximum absolute atomic E-state index is 9.81. The van der Waals surface area contributed by atoms with Crippen LogP contribution in [0.5, 0.6) is 17.2 Å². The standard InChI is InChI=1S/C31H37Cl2N5O3/c1-39-28-18-27(24(32)16-25(28)33)36-31-21(19-34)20-35-26-17-30(29(40-2)15-23(26)31)41-14-6-9-37-12-7-22(8-13-37)38-10-4-3-5-11-38/h15-18,20,22H,3-14H2,1-2H3,(H,35,36). The second-order valence-electron chi connectivity index (χ2n) is 10.6. The lowest BCUT2D eigenvalue weighted by molar-refractivity contribution is 0.0900. The Kier molecular flexibility index (Phi) is 9.94. The van der Waals surface area contributed by atoms with Crippen molar-refractivity contribution in [2.75, 3.05) is 58.9 Å². The van der Waals surface area contributed by atoms with Gasteiger partial charge in [-0.15, -0.1) is 0 Å². The summed E-state index contributed by atoms with van der Waals surface area (Å²) >= 11 is 12.7. The van der Waals surface area contributed by atoms with Crippen LogP contribution in [-0.2, 0) is 0 Å². The lowest BCUT2D eigenvalue weighted by atomic mass is 10.00. The number of anilines is 2. The van der Waals surface area contributed by atoms with E-state index in [9.17, 15) is 5.26 Å².